The van der Waals surface area contributed by atoms with E-state index in [9.17, 15) is 9.59 Å². The SMILES string of the molecule is Cc1nn(C)c(C)c1C(=O)NC1CCCc2[nH]c(=O)ccc21. The van der Waals surface area contributed by atoms with Crippen molar-refractivity contribution in [1.82, 2.24) is 20.1 Å². The maximum atomic E-state index is 12.6. The Bertz CT molecular complexity index is 788. The van der Waals surface area contributed by atoms with E-state index in [1.165, 1.54) is 6.07 Å². The van der Waals surface area contributed by atoms with Crippen LogP contribution in [0.1, 0.15) is 51.9 Å². The molecule has 0 saturated heterocycles. The number of rotatable bonds is 2. The number of aryl methyl sites for hydroxylation is 3. The van der Waals surface area contributed by atoms with Crippen LogP contribution in [0, 0.1) is 13.8 Å². The molecule has 0 aliphatic heterocycles. The van der Waals surface area contributed by atoms with E-state index in [4.69, 9.17) is 0 Å². The molecule has 1 amide bonds. The third-order valence-corrected chi connectivity index (χ3v) is 4.37. The maximum Gasteiger partial charge on any atom is 0.255 e. The van der Waals surface area contributed by atoms with Gasteiger partial charge in [-0.3, -0.25) is 14.3 Å². The Morgan fingerprint density at radius 1 is 1.41 bits per heavy atom. The predicted octanol–water partition coefficient (Wildman–Crippen LogP) is 1.53. The van der Waals surface area contributed by atoms with Gasteiger partial charge in [0.2, 0.25) is 5.56 Å². The molecule has 0 radical (unpaired) electrons. The van der Waals surface area contributed by atoms with E-state index >= 15 is 0 Å². The lowest BCUT2D eigenvalue weighted by Crippen LogP contribution is -2.32. The molecule has 6 heteroatoms. The van der Waals surface area contributed by atoms with Crippen molar-refractivity contribution in [2.24, 2.45) is 7.05 Å². The average molecular weight is 300 g/mol. The fourth-order valence-electron chi connectivity index (χ4n) is 3.18. The second kappa shape index (κ2) is 5.44. The topological polar surface area (TPSA) is 79.8 Å². The van der Waals surface area contributed by atoms with Gasteiger partial charge in [0.05, 0.1) is 17.3 Å². The molecular formula is C16H20N4O2. The first kappa shape index (κ1) is 14.6. The average Bonchev–Trinajstić information content (AvgIpc) is 2.72. The number of nitrogens with zero attached hydrogens (tertiary/aromatic N) is 2. The van der Waals surface area contributed by atoms with Gasteiger partial charge >= 0.3 is 0 Å². The minimum atomic E-state index is -0.104. The molecule has 0 aromatic carbocycles. The molecule has 0 fully saturated rings. The summed E-state index contributed by atoms with van der Waals surface area (Å²) in [5.41, 5.74) is 4.08. The number of hydrogen-bond acceptors (Lipinski definition) is 3. The molecule has 0 bridgehead atoms. The number of carbonyl (C=O) groups is 1. The number of fused-ring (bicyclic) bond motifs is 1. The van der Waals surface area contributed by atoms with Gasteiger partial charge in [-0.2, -0.15) is 5.10 Å². The highest BCUT2D eigenvalue weighted by molar-refractivity contribution is 5.96. The molecule has 0 spiro atoms. The summed E-state index contributed by atoms with van der Waals surface area (Å²) in [5, 5.41) is 7.38. The van der Waals surface area contributed by atoms with E-state index in [0.717, 1.165) is 41.9 Å². The van der Waals surface area contributed by atoms with Crippen LogP contribution in [0.25, 0.3) is 0 Å². The highest BCUT2D eigenvalue weighted by Crippen LogP contribution is 2.28. The Morgan fingerprint density at radius 2 is 2.18 bits per heavy atom. The molecule has 1 aliphatic rings. The van der Waals surface area contributed by atoms with Crippen molar-refractivity contribution >= 4 is 5.91 Å². The predicted molar refractivity (Wildman–Crippen MR) is 82.9 cm³/mol. The molecule has 0 saturated carbocycles. The van der Waals surface area contributed by atoms with Crippen LogP contribution in [0.15, 0.2) is 16.9 Å². The van der Waals surface area contributed by atoms with Crippen molar-refractivity contribution in [2.45, 2.75) is 39.2 Å². The molecule has 2 N–H and O–H groups in total. The third-order valence-electron chi connectivity index (χ3n) is 4.37. The summed E-state index contributed by atoms with van der Waals surface area (Å²) in [4.78, 5) is 26.9. The Labute approximate surface area is 128 Å². The van der Waals surface area contributed by atoms with Crippen LogP contribution in [-0.2, 0) is 13.5 Å². The summed E-state index contributed by atoms with van der Waals surface area (Å²) in [6, 6.07) is 3.28. The summed E-state index contributed by atoms with van der Waals surface area (Å²) in [6.07, 6.45) is 2.68. The number of aromatic nitrogens is 3. The molecule has 1 aliphatic carbocycles. The number of nitrogens with one attached hydrogen (secondary N) is 2. The van der Waals surface area contributed by atoms with Crippen molar-refractivity contribution in [3.63, 3.8) is 0 Å². The number of pyridine rings is 1. The minimum Gasteiger partial charge on any atom is -0.345 e. The maximum absolute atomic E-state index is 12.6. The number of aromatic amines is 1. The second-order valence-corrected chi connectivity index (χ2v) is 5.84. The van der Waals surface area contributed by atoms with Crippen LogP contribution in [0.5, 0.6) is 0 Å². The van der Waals surface area contributed by atoms with E-state index in [0.29, 0.717) is 5.56 Å². The Hall–Kier alpha value is -2.37. The van der Waals surface area contributed by atoms with E-state index in [1.54, 1.807) is 4.68 Å². The van der Waals surface area contributed by atoms with Gasteiger partial charge in [-0.1, -0.05) is 0 Å². The fourth-order valence-corrected chi connectivity index (χ4v) is 3.18. The molecular weight excluding hydrogens is 280 g/mol. The van der Waals surface area contributed by atoms with Gasteiger partial charge in [-0.15, -0.1) is 0 Å². The minimum absolute atomic E-state index is 0.0629. The number of H-pyrrole nitrogens is 1. The summed E-state index contributed by atoms with van der Waals surface area (Å²) in [6.45, 7) is 3.73. The quantitative estimate of drug-likeness (QED) is 0.882. The van der Waals surface area contributed by atoms with Crippen LogP contribution < -0.4 is 10.9 Å². The first-order chi connectivity index (χ1) is 10.5. The molecule has 22 heavy (non-hydrogen) atoms. The summed E-state index contributed by atoms with van der Waals surface area (Å²) < 4.78 is 1.72. The zero-order chi connectivity index (χ0) is 15.9. The van der Waals surface area contributed by atoms with Gasteiger partial charge in [-0.25, -0.2) is 0 Å². The Morgan fingerprint density at radius 3 is 2.86 bits per heavy atom. The zero-order valence-corrected chi connectivity index (χ0v) is 13.1. The lowest BCUT2D eigenvalue weighted by atomic mass is 9.91. The van der Waals surface area contributed by atoms with Crippen molar-refractivity contribution in [2.75, 3.05) is 0 Å². The van der Waals surface area contributed by atoms with Crippen molar-refractivity contribution in [1.29, 1.82) is 0 Å². The molecule has 1 atom stereocenters. The van der Waals surface area contributed by atoms with Crippen LogP contribution >= 0.6 is 0 Å². The largest absolute Gasteiger partial charge is 0.345 e. The third kappa shape index (κ3) is 2.45. The van der Waals surface area contributed by atoms with Crippen molar-refractivity contribution in [3.8, 4) is 0 Å². The van der Waals surface area contributed by atoms with Gasteiger partial charge in [0.1, 0.15) is 0 Å². The van der Waals surface area contributed by atoms with Gasteiger partial charge < -0.3 is 10.3 Å². The second-order valence-electron chi connectivity index (χ2n) is 5.84. The standard InChI is InChI=1S/C16H20N4O2/c1-9-15(10(2)20(3)19-9)16(22)18-13-6-4-5-12-11(13)7-8-14(21)17-12/h7-8,13H,4-6H2,1-3H3,(H,17,21)(H,18,22). The fraction of sp³-hybridized carbons (Fsp3) is 0.438. The normalized spacial score (nSPS) is 17.1. The van der Waals surface area contributed by atoms with E-state index < -0.39 is 0 Å². The van der Waals surface area contributed by atoms with Crippen LogP contribution in [-0.4, -0.2) is 20.7 Å². The van der Waals surface area contributed by atoms with E-state index in [2.05, 4.69) is 15.4 Å². The first-order valence-electron chi connectivity index (χ1n) is 7.50. The molecule has 2 aromatic rings. The molecule has 3 rings (SSSR count). The van der Waals surface area contributed by atoms with Crippen molar-refractivity contribution in [3.05, 3.63) is 50.7 Å². The molecule has 116 valence electrons. The number of carbonyl (C=O) groups excluding carboxylic acids is 1. The van der Waals surface area contributed by atoms with Gasteiger partial charge in [0.25, 0.3) is 5.91 Å². The smallest absolute Gasteiger partial charge is 0.255 e. The number of hydrogen-bond donors (Lipinski definition) is 2. The van der Waals surface area contributed by atoms with Crippen LogP contribution in [0.3, 0.4) is 0 Å². The monoisotopic (exact) mass is 300 g/mol. The first-order valence-corrected chi connectivity index (χ1v) is 7.50. The highest BCUT2D eigenvalue weighted by atomic mass is 16.1. The van der Waals surface area contributed by atoms with E-state index in [1.807, 2.05) is 27.0 Å². The number of amides is 1. The van der Waals surface area contributed by atoms with E-state index in [-0.39, 0.29) is 17.5 Å². The summed E-state index contributed by atoms with van der Waals surface area (Å²) in [7, 11) is 1.83. The molecule has 1 unspecified atom stereocenters. The zero-order valence-electron chi connectivity index (χ0n) is 13.1. The van der Waals surface area contributed by atoms with Crippen LogP contribution in [0.2, 0.25) is 0 Å². The lowest BCUT2D eigenvalue weighted by Gasteiger charge is -2.26. The Kier molecular flexibility index (Phi) is 3.60. The van der Waals surface area contributed by atoms with Gasteiger partial charge in [0.15, 0.2) is 0 Å². The van der Waals surface area contributed by atoms with Gasteiger partial charge in [0, 0.05) is 24.5 Å². The summed E-state index contributed by atoms with van der Waals surface area (Å²) in [5.74, 6) is -0.104. The molecule has 2 aromatic heterocycles. The van der Waals surface area contributed by atoms with Gasteiger partial charge in [-0.05, 0) is 44.7 Å². The van der Waals surface area contributed by atoms with Crippen molar-refractivity contribution < 1.29 is 4.79 Å². The molecule has 2 heterocycles. The Balaban J connectivity index is 1.88. The lowest BCUT2D eigenvalue weighted by molar-refractivity contribution is 0.0931. The van der Waals surface area contributed by atoms with Crippen LogP contribution in [0.4, 0.5) is 0 Å². The summed E-state index contributed by atoms with van der Waals surface area (Å²) >= 11 is 0. The molecule has 6 nitrogen and oxygen atoms in total. The highest BCUT2D eigenvalue weighted by Gasteiger charge is 2.25.